The van der Waals surface area contributed by atoms with Crippen LogP contribution in [0.15, 0.2) is 48.5 Å². The quantitative estimate of drug-likeness (QED) is 0.534. The van der Waals surface area contributed by atoms with Gasteiger partial charge in [-0.05, 0) is 48.7 Å². The first-order chi connectivity index (χ1) is 15.1. The molecule has 174 valence electrons. The fraction of sp³-hybridized carbons (Fsp3) is 0.391. The first-order valence-corrected chi connectivity index (χ1v) is 12.3. The van der Waals surface area contributed by atoms with Crippen LogP contribution in [-0.2, 0) is 14.8 Å². The molecule has 2 amide bonds. The van der Waals surface area contributed by atoms with E-state index in [2.05, 4.69) is 10.6 Å². The first-order valence-electron chi connectivity index (χ1n) is 10.5. The molecule has 2 rings (SSSR count). The van der Waals surface area contributed by atoms with Gasteiger partial charge >= 0.3 is 0 Å². The van der Waals surface area contributed by atoms with Crippen LogP contribution >= 0.6 is 0 Å². The molecule has 2 aromatic carbocycles. The highest BCUT2D eigenvalue weighted by molar-refractivity contribution is 7.92. The smallest absolute Gasteiger partial charge is 0.253 e. The Morgan fingerprint density at radius 3 is 2.31 bits per heavy atom. The largest absolute Gasteiger partial charge is 0.494 e. The number of anilines is 2. The van der Waals surface area contributed by atoms with Crippen LogP contribution in [0.5, 0.6) is 5.75 Å². The van der Waals surface area contributed by atoms with E-state index in [1.165, 1.54) is 0 Å². The number of nitrogens with one attached hydrogen (secondary N) is 2. The van der Waals surface area contributed by atoms with Crippen molar-refractivity contribution in [2.75, 3.05) is 35.6 Å². The number of benzene rings is 2. The third-order valence-electron chi connectivity index (χ3n) is 4.40. The van der Waals surface area contributed by atoms with Crippen LogP contribution in [0.2, 0.25) is 0 Å². The molecule has 0 saturated heterocycles. The highest BCUT2D eigenvalue weighted by atomic mass is 32.2. The number of nitrogens with zero attached hydrogens (tertiary/aromatic N) is 1. The van der Waals surface area contributed by atoms with E-state index in [0.717, 1.165) is 17.0 Å². The average molecular weight is 462 g/mol. The van der Waals surface area contributed by atoms with Crippen molar-refractivity contribution in [3.05, 3.63) is 54.1 Å². The van der Waals surface area contributed by atoms with Gasteiger partial charge < -0.3 is 15.4 Å². The van der Waals surface area contributed by atoms with Gasteiger partial charge in [0.2, 0.25) is 15.9 Å². The van der Waals surface area contributed by atoms with E-state index >= 15 is 0 Å². The lowest BCUT2D eigenvalue weighted by Gasteiger charge is -2.22. The van der Waals surface area contributed by atoms with Gasteiger partial charge in [0.25, 0.3) is 5.91 Å². The summed E-state index contributed by atoms with van der Waals surface area (Å²) in [5, 5.41) is 5.47. The van der Waals surface area contributed by atoms with Crippen molar-refractivity contribution in [1.82, 2.24) is 5.32 Å². The molecule has 32 heavy (non-hydrogen) atoms. The van der Waals surface area contributed by atoms with E-state index in [9.17, 15) is 18.0 Å². The zero-order chi connectivity index (χ0) is 23.7. The highest BCUT2D eigenvalue weighted by Crippen LogP contribution is 2.22. The molecule has 0 aliphatic heterocycles. The predicted molar refractivity (Wildman–Crippen MR) is 127 cm³/mol. The van der Waals surface area contributed by atoms with Gasteiger partial charge in [0.15, 0.2) is 0 Å². The molecule has 2 aromatic rings. The van der Waals surface area contributed by atoms with Crippen molar-refractivity contribution >= 4 is 33.2 Å². The Labute approximate surface area is 190 Å². The number of hydrogen-bond acceptors (Lipinski definition) is 5. The minimum absolute atomic E-state index is 0.280. The molecule has 0 spiro atoms. The van der Waals surface area contributed by atoms with Gasteiger partial charge in [-0.1, -0.05) is 32.9 Å². The second kappa shape index (κ2) is 11.5. The summed E-state index contributed by atoms with van der Waals surface area (Å²) in [6, 6.07) is 13.1. The van der Waals surface area contributed by atoms with Crippen molar-refractivity contribution in [1.29, 1.82) is 0 Å². The Hall–Kier alpha value is -3.07. The van der Waals surface area contributed by atoms with E-state index in [1.807, 2.05) is 20.8 Å². The maximum absolute atomic E-state index is 12.7. The molecule has 0 bridgehead atoms. The summed E-state index contributed by atoms with van der Waals surface area (Å²) in [4.78, 5) is 25.2. The van der Waals surface area contributed by atoms with Crippen LogP contribution in [0.25, 0.3) is 0 Å². The number of ether oxygens (including phenoxy) is 1. The van der Waals surface area contributed by atoms with E-state index in [1.54, 1.807) is 48.5 Å². The average Bonchev–Trinajstić information content (AvgIpc) is 2.74. The van der Waals surface area contributed by atoms with Gasteiger partial charge in [0, 0.05) is 6.54 Å². The molecule has 0 aromatic heterocycles. The number of carbonyl (C=O) groups excluding carboxylic acids is 2. The number of amides is 2. The van der Waals surface area contributed by atoms with E-state index in [0.29, 0.717) is 35.8 Å². The van der Waals surface area contributed by atoms with Crippen LogP contribution in [0, 0.1) is 5.92 Å². The molecule has 0 fully saturated rings. The summed E-state index contributed by atoms with van der Waals surface area (Å²) in [7, 11) is -3.73. The molecule has 9 heteroatoms. The summed E-state index contributed by atoms with van der Waals surface area (Å²) >= 11 is 0. The Morgan fingerprint density at radius 1 is 1.06 bits per heavy atom. The molecule has 0 atom stereocenters. The minimum Gasteiger partial charge on any atom is -0.494 e. The number of rotatable bonds is 11. The topological polar surface area (TPSA) is 105 Å². The van der Waals surface area contributed by atoms with Crippen LogP contribution in [0.1, 0.15) is 37.6 Å². The SMILES string of the molecule is CCCOc1ccc(N(CC(=O)Nc2ccccc2C(=O)NCC(C)C)S(C)(=O)=O)cc1. The van der Waals surface area contributed by atoms with Crippen LogP contribution < -0.4 is 19.7 Å². The Morgan fingerprint density at radius 2 is 1.72 bits per heavy atom. The van der Waals surface area contributed by atoms with Gasteiger partial charge in [-0.2, -0.15) is 0 Å². The van der Waals surface area contributed by atoms with Crippen molar-refractivity contribution in [2.45, 2.75) is 27.2 Å². The standard InChI is InChI=1S/C23H31N3O5S/c1-5-14-31-19-12-10-18(11-13-19)26(32(4,29)30)16-22(27)25-21-9-7-6-8-20(21)23(28)24-15-17(2)3/h6-13,17H,5,14-16H2,1-4H3,(H,24,28)(H,25,27). The highest BCUT2D eigenvalue weighted by Gasteiger charge is 2.22. The predicted octanol–water partition coefficient (Wildman–Crippen LogP) is 3.27. The molecular formula is C23H31N3O5S. The molecular weight excluding hydrogens is 430 g/mol. The fourth-order valence-corrected chi connectivity index (χ4v) is 3.69. The number of para-hydroxylation sites is 1. The lowest BCUT2D eigenvalue weighted by molar-refractivity contribution is -0.114. The van der Waals surface area contributed by atoms with Gasteiger partial charge in [-0.25, -0.2) is 8.42 Å². The van der Waals surface area contributed by atoms with Crippen molar-refractivity contribution in [2.24, 2.45) is 5.92 Å². The Kier molecular flexibility index (Phi) is 9.07. The van der Waals surface area contributed by atoms with Crippen molar-refractivity contribution in [3.63, 3.8) is 0 Å². The van der Waals surface area contributed by atoms with Crippen molar-refractivity contribution in [3.8, 4) is 5.75 Å². The van der Waals surface area contributed by atoms with E-state index < -0.39 is 22.5 Å². The lowest BCUT2D eigenvalue weighted by atomic mass is 10.1. The third-order valence-corrected chi connectivity index (χ3v) is 5.54. The summed E-state index contributed by atoms with van der Waals surface area (Å²) in [5.74, 6) is 0.0284. The minimum atomic E-state index is -3.73. The third kappa shape index (κ3) is 7.56. The fourth-order valence-electron chi connectivity index (χ4n) is 2.83. The molecule has 0 heterocycles. The summed E-state index contributed by atoms with van der Waals surface area (Å²) in [6.45, 7) is 6.58. The molecule has 0 aliphatic rings. The number of carbonyl (C=O) groups is 2. The van der Waals surface area contributed by atoms with Crippen LogP contribution in [0.4, 0.5) is 11.4 Å². The van der Waals surface area contributed by atoms with Gasteiger partial charge in [0.05, 0.1) is 29.8 Å². The second-order valence-electron chi connectivity index (χ2n) is 7.81. The first kappa shape index (κ1) is 25.2. The summed E-state index contributed by atoms with van der Waals surface area (Å²) in [6.07, 6.45) is 1.89. The van der Waals surface area contributed by atoms with Crippen molar-refractivity contribution < 1.29 is 22.7 Å². The lowest BCUT2D eigenvalue weighted by Crippen LogP contribution is -2.37. The van der Waals surface area contributed by atoms with E-state index in [-0.39, 0.29) is 11.8 Å². The van der Waals surface area contributed by atoms with Crippen LogP contribution in [-0.4, -0.2) is 46.2 Å². The molecule has 0 unspecified atom stereocenters. The Bertz CT molecular complexity index is 1020. The maximum atomic E-state index is 12.7. The van der Waals surface area contributed by atoms with Gasteiger partial charge in [-0.3, -0.25) is 13.9 Å². The number of hydrogen-bond donors (Lipinski definition) is 2. The molecule has 0 saturated carbocycles. The molecule has 8 nitrogen and oxygen atoms in total. The summed E-state index contributed by atoms with van der Waals surface area (Å²) < 4.78 is 31.2. The summed E-state index contributed by atoms with van der Waals surface area (Å²) in [5.41, 5.74) is 0.967. The normalized spacial score (nSPS) is 11.2. The number of sulfonamides is 1. The zero-order valence-electron chi connectivity index (χ0n) is 18.9. The monoisotopic (exact) mass is 461 g/mol. The molecule has 2 N–H and O–H groups in total. The van der Waals surface area contributed by atoms with Gasteiger partial charge in [-0.15, -0.1) is 0 Å². The van der Waals surface area contributed by atoms with Gasteiger partial charge in [0.1, 0.15) is 12.3 Å². The molecule has 0 aliphatic carbocycles. The van der Waals surface area contributed by atoms with Crippen LogP contribution in [0.3, 0.4) is 0 Å². The second-order valence-corrected chi connectivity index (χ2v) is 9.72. The maximum Gasteiger partial charge on any atom is 0.253 e. The van der Waals surface area contributed by atoms with E-state index in [4.69, 9.17) is 4.74 Å². The molecule has 0 radical (unpaired) electrons. The Balaban J connectivity index is 2.16. The zero-order valence-corrected chi connectivity index (χ0v) is 19.7.